The molecule has 0 radical (unpaired) electrons. The van der Waals surface area contributed by atoms with Gasteiger partial charge in [-0.05, 0) is 50.1 Å². The molecule has 2 heterocycles. The van der Waals surface area contributed by atoms with Crippen molar-refractivity contribution in [1.29, 1.82) is 5.26 Å². The minimum absolute atomic E-state index is 0.142. The molecule has 1 aliphatic carbocycles. The minimum atomic E-state index is -3.60. The molecule has 3 aromatic rings. The summed E-state index contributed by atoms with van der Waals surface area (Å²) in [4.78, 5) is 27.6. The third-order valence-electron chi connectivity index (χ3n) is 6.40. The van der Waals surface area contributed by atoms with E-state index < -0.39 is 29.0 Å². The monoisotopic (exact) mass is 479 g/mol. The van der Waals surface area contributed by atoms with Crippen LogP contribution in [0.25, 0.3) is 0 Å². The summed E-state index contributed by atoms with van der Waals surface area (Å²) in [7, 11) is 0. The molecule has 35 heavy (non-hydrogen) atoms. The Morgan fingerprint density at radius 3 is 2.60 bits per heavy atom. The molecule has 1 aliphatic heterocycles. The van der Waals surface area contributed by atoms with E-state index >= 15 is 0 Å². The van der Waals surface area contributed by atoms with Gasteiger partial charge in [0.15, 0.2) is 5.67 Å². The molecular formula is C25H20F3N5O2. The fraction of sp³-hybridized carbons (Fsp3) is 0.280. The van der Waals surface area contributed by atoms with Gasteiger partial charge in [0.05, 0.1) is 36.1 Å². The summed E-state index contributed by atoms with van der Waals surface area (Å²) in [6.07, 6.45) is 1.01. The second-order valence-corrected chi connectivity index (χ2v) is 8.85. The lowest BCUT2D eigenvalue weighted by atomic mass is 10.0. The lowest BCUT2D eigenvalue weighted by molar-refractivity contribution is -0.0939. The molecule has 1 N–H and O–H groups in total. The van der Waals surface area contributed by atoms with Crippen molar-refractivity contribution in [3.8, 4) is 6.07 Å². The molecule has 1 aromatic heterocycles. The third-order valence-corrected chi connectivity index (χ3v) is 6.40. The van der Waals surface area contributed by atoms with Gasteiger partial charge in [0.1, 0.15) is 5.69 Å². The van der Waals surface area contributed by atoms with Gasteiger partial charge >= 0.3 is 5.92 Å². The zero-order valence-electron chi connectivity index (χ0n) is 18.6. The zero-order chi connectivity index (χ0) is 25.0. The summed E-state index contributed by atoms with van der Waals surface area (Å²) < 4.78 is 44.5. The lowest BCUT2D eigenvalue weighted by Gasteiger charge is -2.34. The molecule has 1 saturated carbocycles. The second kappa shape index (κ2) is 7.98. The molecule has 178 valence electrons. The van der Waals surface area contributed by atoms with Crippen molar-refractivity contribution in [2.45, 2.75) is 43.9 Å². The van der Waals surface area contributed by atoms with Gasteiger partial charge in [-0.15, -0.1) is 0 Å². The van der Waals surface area contributed by atoms with Crippen LogP contribution >= 0.6 is 0 Å². The number of hydrogen-bond acceptors (Lipinski definition) is 4. The highest BCUT2D eigenvalue weighted by molar-refractivity contribution is 6.13. The molecule has 10 heteroatoms. The first kappa shape index (κ1) is 22.7. The highest BCUT2D eigenvalue weighted by Gasteiger charge is 2.64. The highest BCUT2D eigenvalue weighted by Crippen LogP contribution is 2.56. The number of anilines is 2. The number of aromatic nitrogens is 2. The Morgan fingerprint density at radius 1 is 1.23 bits per heavy atom. The number of hydrogen-bond donors (Lipinski definition) is 1. The minimum Gasteiger partial charge on any atom is -0.319 e. The first-order valence-electron chi connectivity index (χ1n) is 11.0. The highest BCUT2D eigenvalue weighted by atomic mass is 19.3. The maximum Gasteiger partial charge on any atom is 0.306 e. The molecule has 7 nitrogen and oxygen atoms in total. The van der Waals surface area contributed by atoms with Crippen LogP contribution in [0.3, 0.4) is 0 Å². The van der Waals surface area contributed by atoms with Gasteiger partial charge in [0, 0.05) is 16.8 Å². The summed E-state index contributed by atoms with van der Waals surface area (Å²) in [6.45, 7) is 2.10. The maximum absolute atomic E-state index is 14.4. The average molecular weight is 479 g/mol. The van der Waals surface area contributed by atoms with Gasteiger partial charge in [0.2, 0.25) is 0 Å². The van der Waals surface area contributed by atoms with Crippen LogP contribution in [0.15, 0.2) is 54.7 Å². The topological polar surface area (TPSA) is 91.0 Å². The predicted octanol–water partition coefficient (Wildman–Crippen LogP) is 4.65. The Kier molecular flexibility index (Phi) is 5.16. The molecule has 2 amide bonds. The van der Waals surface area contributed by atoms with E-state index in [1.54, 1.807) is 25.1 Å². The third kappa shape index (κ3) is 3.73. The van der Waals surface area contributed by atoms with E-state index in [9.17, 15) is 22.8 Å². The van der Waals surface area contributed by atoms with Gasteiger partial charge in [0.25, 0.3) is 11.8 Å². The van der Waals surface area contributed by atoms with Crippen LogP contribution in [0.4, 0.5) is 24.5 Å². The Labute approximate surface area is 198 Å². The number of nitriles is 1. The van der Waals surface area contributed by atoms with Gasteiger partial charge < -0.3 is 10.2 Å². The van der Waals surface area contributed by atoms with E-state index in [0.717, 1.165) is 12.1 Å². The van der Waals surface area contributed by atoms with Crippen LogP contribution in [0.5, 0.6) is 0 Å². The van der Waals surface area contributed by atoms with Crippen LogP contribution in [-0.2, 0) is 12.5 Å². The lowest BCUT2D eigenvalue weighted by Crippen LogP contribution is -2.47. The van der Waals surface area contributed by atoms with Crippen molar-refractivity contribution in [3.05, 3.63) is 77.1 Å². The smallest absolute Gasteiger partial charge is 0.306 e. The zero-order valence-corrected chi connectivity index (χ0v) is 18.6. The summed E-state index contributed by atoms with van der Waals surface area (Å²) in [5, 5.41) is 15.9. The first-order valence-corrected chi connectivity index (χ1v) is 11.0. The van der Waals surface area contributed by atoms with Crippen LogP contribution in [0.1, 0.15) is 51.7 Å². The molecular weight excluding hydrogens is 459 g/mol. The number of halogens is 3. The number of nitrogens with one attached hydrogen (secondary N) is 1. The van der Waals surface area contributed by atoms with Crippen molar-refractivity contribution in [2.24, 2.45) is 0 Å². The second-order valence-electron chi connectivity index (χ2n) is 8.85. The summed E-state index contributed by atoms with van der Waals surface area (Å²) in [5.74, 6) is -4.57. The number of alkyl halides is 3. The number of fused-ring (bicyclic) bond motifs is 1. The van der Waals surface area contributed by atoms with Crippen LogP contribution in [-0.4, -0.2) is 33.3 Å². The number of nitrogens with zero attached hydrogens (tertiary/aromatic N) is 4. The number of carbonyl (C=O) groups is 2. The standard InChI is InChI=1S/C25H20F3N5O2/c1-15-14-32-21(20(13-30-32)31-22(34)17-4-2-3-16(11-17)12-29)23(35)33(15)19-7-5-18(6-8-19)25(27,28)24(26)9-10-24/h2-8,11,13,15H,9-10,14H2,1H3,(H,31,34)/t15-/m0/s1. The van der Waals surface area contributed by atoms with E-state index in [1.165, 1.54) is 34.0 Å². The van der Waals surface area contributed by atoms with Gasteiger partial charge in [-0.1, -0.05) is 18.2 Å². The Bertz CT molecular complexity index is 1370. The molecule has 0 unspecified atom stereocenters. The molecule has 0 spiro atoms. The molecule has 5 rings (SSSR count). The van der Waals surface area contributed by atoms with Gasteiger partial charge in [-0.2, -0.15) is 19.1 Å². The Hall–Kier alpha value is -4.13. The van der Waals surface area contributed by atoms with Crippen LogP contribution in [0.2, 0.25) is 0 Å². The van der Waals surface area contributed by atoms with Gasteiger partial charge in [-0.25, -0.2) is 4.39 Å². The molecule has 0 bridgehead atoms. The molecule has 2 aliphatic rings. The van der Waals surface area contributed by atoms with Crippen molar-refractivity contribution in [2.75, 3.05) is 10.2 Å². The van der Waals surface area contributed by atoms with Gasteiger partial charge in [-0.3, -0.25) is 14.3 Å². The summed E-state index contributed by atoms with van der Waals surface area (Å²) in [6, 6.07) is 12.8. The van der Waals surface area contributed by atoms with Crippen molar-refractivity contribution >= 4 is 23.2 Å². The average Bonchev–Trinajstić information content (AvgIpc) is 3.49. The van der Waals surface area contributed by atoms with Crippen molar-refractivity contribution in [3.63, 3.8) is 0 Å². The van der Waals surface area contributed by atoms with E-state index in [0.29, 0.717) is 17.8 Å². The summed E-state index contributed by atoms with van der Waals surface area (Å²) >= 11 is 0. The molecule has 1 atom stereocenters. The van der Waals surface area contributed by atoms with E-state index in [-0.39, 0.29) is 35.8 Å². The number of amides is 2. The quantitative estimate of drug-likeness (QED) is 0.577. The fourth-order valence-electron chi connectivity index (χ4n) is 4.30. The van der Waals surface area contributed by atoms with Crippen LogP contribution in [0, 0.1) is 11.3 Å². The number of rotatable bonds is 5. The van der Waals surface area contributed by atoms with E-state index in [4.69, 9.17) is 5.26 Å². The fourth-order valence-corrected chi connectivity index (χ4v) is 4.30. The predicted molar refractivity (Wildman–Crippen MR) is 121 cm³/mol. The molecule has 2 aromatic carbocycles. The van der Waals surface area contributed by atoms with E-state index in [1.807, 2.05) is 6.07 Å². The summed E-state index contributed by atoms with van der Waals surface area (Å²) in [5.41, 5.74) is -1.67. The van der Waals surface area contributed by atoms with Crippen LogP contribution < -0.4 is 10.2 Å². The normalized spacial score (nSPS) is 18.5. The maximum atomic E-state index is 14.4. The number of carbonyl (C=O) groups excluding carboxylic acids is 2. The SMILES string of the molecule is C[C@H]1Cn2ncc(NC(=O)c3cccc(C#N)c3)c2C(=O)N1c1ccc(C(F)(F)C2(F)CC2)cc1. The first-order chi connectivity index (χ1) is 16.6. The Balaban J connectivity index is 1.41. The molecule has 1 fully saturated rings. The van der Waals surface area contributed by atoms with E-state index in [2.05, 4.69) is 10.4 Å². The van der Waals surface area contributed by atoms with Crippen molar-refractivity contribution < 1.29 is 22.8 Å². The molecule has 0 saturated heterocycles. The Morgan fingerprint density at radius 2 is 1.94 bits per heavy atom. The largest absolute Gasteiger partial charge is 0.319 e. The van der Waals surface area contributed by atoms with Crippen molar-refractivity contribution in [1.82, 2.24) is 9.78 Å². The number of benzene rings is 2.